The van der Waals surface area contributed by atoms with Gasteiger partial charge < -0.3 is 10.6 Å². The summed E-state index contributed by atoms with van der Waals surface area (Å²) in [6, 6.07) is 19.9. The van der Waals surface area contributed by atoms with Gasteiger partial charge in [-0.05, 0) is 48.7 Å². The van der Waals surface area contributed by atoms with Crippen LogP contribution in [-0.2, 0) is 4.79 Å². The van der Waals surface area contributed by atoms with E-state index >= 15 is 0 Å². The first-order valence-electron chi connectivity index (χ1n) is 8.44. The minimum atomic E-state index is -0.654. The molecule has 2 aromatic carbocycles. The zero-order valence-electron chi connectivity index (χ0n) is 14.7. The van der Waals surface area contributed by atoms with Crippen molar-refractivity contribution in [1.29, 1.82) is 0 Å². The fourth-order valence-corrected chi connectivity index (χ4v) is 2.96. The smallest absolute Gasteiger partial charge is 0.261 e. The summed E-state index contributed by atoms with van der Waals surface area (Å²) >= 11 is 1.34. The van der Waals surface area contributed by atoms with Gasteiger partial charge in [-0.25, -0.2) is 0 Å². The van der Waals surface area contributed by atoms with Crippen LogP contribution in [0.25, 0.3) is 0 Å². The van der Waals surface area contributed by atoms with Crippen molar-refractivity contribution in [3.63, 3.8) is 0 Å². The van der Waals surface area contributed by atoms with Gasteiger partial charge in [0.2, 0.25) is 5.91 Å². The number of carbonyl (C=O) groups is 2. The van der Waals surface area contributed by atoms with E-state index in [0.717, 1.165) is 11.1 Å². The molecule has 0 spiro atoms. The van der Waals surface area contributed by atoms with Gasteiger partial charge in [0.25, 0.3) is 5.91 Å². The zero-order valence-corrected chi connectivity index (χ0v) is 15.5. The summed E-state index contributed by atoms with van der Waals surface area (Å²) < 4.78 is 0. The van der Waals surface area contributed by atoms with Crippen molar-refractivity contribution in [2.75, 3.05) is 5.32 Å². The molecule has 1 aromatic heterocycles. The highest BCUT2D eigenvalue weighted by atomic mass is 32.1. The molecule has 0 bridgehead atoms. The molecule has 0 radical (unpaired) electrons. The molecule has 3 rings (SSSR count). The van der Waals surface area contributed by atoms with Gasteiger partial charge in [-0.2, -0.15) is 0 Å². The van der Waals surface area contributed by atoms with E-state index in [2.05, 4.69) is 22.5 Å². The SMILES string of the molecule is CC(NC(=O)c1cccs1)C(=O)Nc1cccc(C#Cc2ccccc2)c1. The Morgan fingerprint density at radius 2 is 1.67 bits per heavy atom. The topological polar surface area (TPSA) is 58.2 Å². The van der Waals surface area contributed by atoms with Crippen LogP contribution in [0.15, 0.2) is 72.1 Å². The molecule has 0 fully saturated rings. The van der Waals surface area contributed by atoms with Gasteiger partial charge in [0.05, 0.1) is 4.88 Å². The molecule has 2 N–H and O–H groups in total. The van der Waals surface area contributed by atoms with Crippen LogP contribution in [-0.4, -0.2) is 17.9 Å². The van der Waals surface area contributed by atoms with Crippen LogP contribution in [0, 0.1) is 11.8 Å². The summed E-state index contributed by atoms with van der Waals surface area (Å²) in [6.07, 6.45) is 0. The molecule has 0 aliphatic heterocycles. The second-order valence-electron chi connectivity index (χ2n) is 5.86. The van der Waals surface area contributed by atoms with Crippen molar-refractivity contribution in [2.45, 2.75) is 13.0 Å². The number of anilines is 1. The Labute approximate surface area is 162 Å². The molecular formula is C22H18N2O2S. The van der Waals surface area contributed by atoms with Crippen molar-refractivity contribution in [2.24, 2.45) is 0 Å². The maximum absolute atomic E-state index is 12.3. The quantitative estimate of drug-likeness (QED) is 0.681. The minimum Gasteiger partial charge on any atom is -0.340 e. The molecule has 0 aliphatic carbocycles. The summed E-state index contributed by atoms with van der Waals surface area (Å²) in [4.78, 5) is 25.0. The monoisotopic (exact) mass is 374 g/mol. The molecule has 1 atom stereocenters. The highest BCUT2D eigenvalue weighted by Gasteiger charge is 2.17. The predicted octanol–water partition coefficient (Wildman–Crippen LogP) is 3.90. The summed E-state index contributed by atoms with van der Waals surface area (Å²) in [5.74, 6) is 5.63. The zero-order chi connectivity index (χ0) is 19.1. The lowest BCUT2D eigenvalue weighted by molar-refractivity contribution is -0.117. The average molecular weight is 374 g/mol. The lowest BCUT2D eigenvalue weighted by Gasteiger charge is -2.13. The number of hydrogen-bond acceptors (Lipinski definition) is 3. The van der Waals surface area contributed by atoms with Crippen LogP contribution < -0.4 is 10.6 Å². The molecule has 3 aromatic rings. The first-order chi connectivity index (χ1) is 13.1. The molecule has 1 heterocycles. The molecule has 0 aliphatic rings. The van der Waals surface area contributed by atoms with E-state index in [1.807, 2.05) is 53.9 Å². The largest absolute Gasteiger partial charge is 0.340 e. The summed E-state index contributed by atoms with van der Waals surface area (Å²) in [5.41, 5.74) is 2.36. The van der Waals surface area contributed by atoms with Crippen molar-refractivity contribution in [3.8, 4) is 11.8 Å². The molecule has 5 heteroatoms. The average Bonchev–Trinajstić information content (AvgIpc) is 3.22. The van der Waals surface area contributed by atoms with Crippen molar-refractivity contribution in [1.82, 2.24) is 5.32 Å². The lowest BCUT2D eigenvalue weighted by atomic mass is 10.1. The number of thiophene rings is 1. The Morgan fingerprint density at radius 1 is 0.926 bits per heavy atom. The number of amides is 2. The molecule has 4 nitrogen and oxygen atoms in total. The van der Waals surface area contributed by atoms with Crippen LogP contribution in [0.2, 0.25) is 0 Å². The molecule has 134 valence electrons. The highest BCUT2D eigenvalue weighted by Crippen LogP contribution is 2.12. The van der Waals surface area contributed by atoms with E-state index in [4.69, 9.17) is 0 Å². The summed E-state index contributed by atoms with van der Waals surface area (Å²) in [7, 11) is 0. The third-order valence-electron chi connectivity index (χ3n) is 3.74. The van der Waals surface area contributed by atoms with Gasteiger partial charge in [0.15, 0.2) is 0 Å². The van der Waals surface area contributed by atoms with Gasteiger partial charge in [-0.1, -0.05) is 42.2 Å². The number of carbonyl (C=O) groups excluding carboxylic acids is 2. The van der Waals surface area contributed by atoms with Crippen LogP contribution in [0.3, 0.4) is 0 Å². The third-order valence-corrected chi connectivity index (χ3v) is 4.61. The van der Waals surface area contributed by atoms with Gasteiger partial charge in [-0.15, -0.1) is 11.3 Å². The predicted molar refractivity (Wildman–Crippen MR) is 109 cm³/mol. The number of hydrogen-bond donors (Lipinski definition) is 2. The molecule has 27 heavy (non-hydrogen) atoms. The van der Waals surface area contributed by atoms with Crippen molar-refractivity contribution < 1.29 is 9.59 Å². The molecule has 1 unspecified atom stereocenters. The number of nitrogens with one attached hydrogen (secondary N) is 2. The van der Waals surface area contributed by atoms with Gasteiger partial charge in [0.1, 0.15) is 6.04 Å². The van der Waals surface area contributed by atoms with Crippen LogP contribution in [0.1, 0.15) is 27.7 Å². The van der Waals surface area contributed by atoms with Gasteiger partial charge >= 0.3 is 0 Å². The van der Waals surface area contributed by atoms with E-state index in [1.165, 1.54) is 11.3 Å². The molecular weight excluding hydrogens is 356 g/mol. The maximum Gasteiger partial charge on any atom is 0.261 e. The Hall–Kier alpha value is -3.36. The third kappa shape index (κ3) is 5.30. The molecule has 2 amide bonds. The second-order valence-corrected chi connectivity index (χ2v) is 6.81. The molecule has 0 saturated carbocycles. The standard InChI is InChI=1S/C22H18N2O2S/c1-16(23-22(26)20-11-6-14-27-20)21(25)24-19-10-5-9-18(15-19)13-12-17-7-3-2-4-8-17/h2-11,14-16H,1H3,(H,23,26)(H,24,25). The number of rotatable bonds is 4. The fourth-order valence-electron chi connectivity index (χ4n) is 2.33. The maximum atomic E-state index is 12.3. The summed E-state index contributed by atoms with van der Waals surface area (Å²) in [6.45, 7) is 1.65. The Morgan fingerprint density at radius 3 is 2.41 bits per heavy atom. The van der Waals surface area contributed by atoms with Crippen molar-refractivity contribution in [3.05, 3.63) is 88.1 Å². The van der Waals surface area contributed by atoms with Crippen LogP contribution >= 0.6 is 11.3 Å². The second kappa shape index (κ2) is 8.84. The van der Waals surface area contributed by atoms with Crippen LogP contribution in [0.4, 0.5) is 5.69 Å². The van der Waals surface area contributed by atoms with Gasteiger partial charge in [-0.3, -0.25) is 9.59 Å². The van der Waals surface area contributed by atoms with Crippen molar-refractivity contribution >= 4 is 28.8 Å². The number of benzene rings is 2. The van der Waals surface area contributed by atoms with E-state index in [0.29, 0.717) is 10.6 Å². The van der Waals surface area contributed by atoms with E-state index in [9.17, 15) is 9.59 Å². The minimum absolute atomic E-state index is 0.255. The first kappa shape index (κ1) is 18.4. The fraction of sp³-hybridized carbons (Fsp3) is 0.0909. The van der Waals surface area contributed by atoms with Crippen LogP contribution in [0.5, 0.6) is 0 Å². The first-order valence-corrected chi connectivity index (χ1v) is 9.32. The van der Waals surface area contributed by atoms with E-state index < -0.39 is 6.04 Å². The Kier molecular flexibility index (Phi) is 6.03. The van der Waals surface area contributed by atoms with E-state index in [-0.39, 0.29) is 11.8 Å². The molecule has 0 saturated heterocycles. The highest BCUT2D eigenvalue weighted by molar-refractivity contribution is 7.12. The van der Waals surface area contributed by atoms with Gasteiger partial charge in [0, 0.05) is 16.8 Å². The lowest BCUT2D eigenvalue weighted by Crippen LogP contribution is -2.41. The Balaban J connectivity index is 1.62. The normalized spacial score (nSPS) is 11.0. The van der Waals surface area contributed by atoms with E-state index in [1.54, 1.807) is 25.1 Å². The summed E-state index contributed by atoms with van der Waals surface area (Å²) in [5, 5.41) is 7.33. The Bertz CT molecular complexity index is 986.